The van der Waals surface area contributed by atoms with Crippen LogP contribution in [0.5, 0.6) is 0 Å². The van der Waals surface area contributed by atoms with Gasteiger partial charge < -0.3 is 10.6 Å². The molecule has 3 N–H and O–H groups in total. The van der Waals surface area contributed by atoms with Crippen LogP contribution in [0.15, 0.2) is 35.1 Å². The van der Waals surface area contributed by atoms with Gasteiger partial charge in [0.1, 0.15) is 0 Å². The minimum Gasteiger partial charge on any atom is -0.376 e. The summed E-state index contributed by atoms with van der Waals surface area (Å²) in [6.45, 7) is 6.59. The summed E-state index contributed by atoms with van der Waals surface area (Å²) in [7, 11) is 0. The summed E-state index contributed by atoms with van der Waals surface area (Å²) < 4.78 is 0. The first-order chi connectivity index (χ1) is 14.6. The fourth-order valence-corrected chi connectivity index (χ4v) is 6.12. The second kappa shape index (κ2) is 10.7. The predicted octanol–water partition coefficient (Wildman–Crippen LogP) is 5.64. The van der Waals surface area contributed by atoms with Crippen LogP contribution in [0.3, 0.4) is 0 Å². The molecule has 30 heavy (non-hydrogen) atoms. The van der Waals surface area contributed by atoms with E-state index in [1.54, 1.807) is 11.1 Å². The van der Waals surface area contributed by atoms with E-state index in [1.165, 1.54) is 56.9 Å². The number of allylic oxidation sites excluding steroid dienone is 4. The molecule has 0 radical (unpaired) electrons. The van der Waals surface area contributed by atoms with Crippen molar-refractivity contribution in [3.8, 4) is 0 Å². The highest BCUT2D eigenvalue weighted by Crippen LogP contribution is 2.42. The Kier molecular flexibility index (Phi) is 8.00. The van der Waals surface area contributed by atoms with Crippen LogP contribution in [0.1, 0.15) is 78.1 Å². The largest absolute Gasteiger partial charge is 0.376 e. The van der Waals surface area contributed by atoms with E-state index in [0.29, 0.717) is 17.6 Å². The second-order valence-corrected chi connectivity index (χ2v) is 10.9. The van der Waals surface area contributed by atoms with Gasteiger partial charge in [0.25, 0.3) is 0 Å². The van der Waals surface area contributed by atoms with E-state index in [9.17, 15) is 0 Å². The average Bonchev–Trinajstić information content (AvgIpc) is 2.79. The Labute approximate surface area is 189 Å². The first kappa shape index (κ1) is 22.4. The van der Waals surface area contributed by atoms with Crippen molar-refractivity contribution in [1.29, 1.82) is 0 Å². The van der Waals surface area contributed by atoms with Crippen LogP contribution in [0, 0.1) is 17.8 Å². The van der Waals surface area contributed by atoms with Crippen LogP contribution in [-0.2, 0) is 0 Å². The van der Waals surface area contributed by atoms with Crippen LogP contribution in [-0.4, -0.2) is 30.7 Å². The zero-order valence-corrected chi connectivity index (χ0v) is 19.8. The molecule has 3 nitrogen and oxygen atoms in total. The number of hydrogen-bond acceptors (Lipinski definition) is 3. The van der Waals surface area contributed by atoms with E-state index >= 15 is 0 Å². The van der Waals surface area contributed by atoms with Crippen molar-refractivity contribution in [2.45, 2.75) is 95.6 Å². The van der Waals surface area contributed by atoms with Crippen LogP contribution in [0.25, 0.3) is 0 Å². The molecule has 0 aromatic rings. The quantitative estimate of drug-likeness (QED) is 0.476. The highest BCUT2D eigenvalue weighted by molar-refractivity contribution is 6.20. The standard InChI is InChI=1S/C26H42ClN3/c1-18(25-16-29-19(2)30-17-25)28-15-20-12-23(21-6-4-3-5-7-21)14-24(13-20)22-8-10-26(27)11-9-22/h8,14,16,18-21,23,26,28-30H,3-7,9-13,15,17H2,1-2H3/t18-,19+,20?,23-,26?/m1/s1. The van der Waals surface area contributed by atoms with Crippen molar-refractivity contribution < 1.29 is 0 Å². The molecule has 4 aliphatic rings. The molecule has 0 spiro atoms. The zero-order chi connectivity index (χ0) is 20.9. The van der Waals surface area contributed by atoms with Gasteiger partial charge in [-0.3, -0.25) is 5.32 Å². The average molecular weight is 432 g/mol. The van der Waals surface area contributed by atoms with Crippen molar-refractivity contribution >= 4 is 11.6 Å². The van der Waals surface area contributed by atoms with Gasteiger partial charge in [-0.1, -0.05) is 31.4 Å². The molecule has 4 heteroatoms. The van der Waals surface area contributed by atoms with E-state index in [0.717, 1.165) is 43.7 Å². The molecule has 3 aliphatic carbocycles. The summed E-state index contributed by atoms with van der Waals surface area (Å²) in [5, 5.41) is 11.1. The Morgan fingerprint density at radius 3 is 2.70 bits per heavy atom. The van der Waals surface area contributed by atoms with Gasteiger partial charge in [-0.2, -0.15) is 0 Å². The van der Waals surface area contributed by atoms with E-state index in [2.05, 4.69) is 48.1 Å². The highest BCUT2D eigenvalue weighted by Gasteiger charge is 2.31. The van der Waals surface area contributed by atoms with E-state index in [1.807, 2.05) is 0 Å². The summed E-state index contributed by atoms with van der Waals surface area (Å²) in [5.41, 5.74) is 4.71. The van der Waals surface area contributed by atoms with E-state index in [-0.39, 0.29) is 0 Å². The molecule has 1 heterocycles. The predicted molar refractivity (Wildman–Crippen MR) is 129 cm³/mol. The number of rotatable bonds is 6. The molecule has 2 unspecified atom stereocenters. The maximum absolute atomic E-state index is 6.38. The topological polar surface area (TPSA) is 36.1 Å². The van der Waals surface area contributed by atoms with Crippen molar-refractivity contribution in [3.05, 3.63) is 35.1 Å². The lowest BCUT2D eigenvalue weighted by Gasteiger charge is -2.37. The molecule has 0 saturated heterocycles. The third kappa shape index (κ3) is 5.93. The minimum atomic E-state index is 0.346. The number of hydrogen-bond donors (Lipinski definition) is 3. The molecule has 1 aliphatic heterocycles. The van der Waals surface area contributed by atoms with Crippen LogP contribution >= 0.6 is 11.6 Å². The monoisotopic (exact) mass is 431 g/mol. The lowest BCUT2D eigenvalue weighted by atomic mass is 9.70. The maximum Gasteiger partial charge on any atom is 0.0736 e. The van der Waals surface area contributed by atoms with Gasteiger partial charge in [-0.05, 0) is 106 Å². The molecule has 168 valence electrons. The summed E-state index contributed by atoms with van der Waals surface area (Å²) in [6.07, 6.45) is 20.9. The summed E-state index contributed by atoms with van der Waals surface area (Å²) in [6, 6.07) is 0.422. The van der Waals surface area contributed by atoms with Crippen molar-refractivity contribution in [1.82, 2.24) is 16.0 Å². The Balaban J connectivity index is 1.40. The highest BCUT2D eigenvalue weighted by atomic mass is 35.5. The third-order valence-electron chi connectivity index (χ3n) is 7.94. The van der Waals surface area contributed by atoms with E-state index < -0.39 is 0 Å². The normalized spacial score (nSPS) is 34.4. The Morgan fingerprint density at radius 2 is 2.00 bits per heavy atom. The van der Waals surface area contributed by atoms with Crippen LogP contribution in [0.4, 0.5) is 0 Å². The molecule has 0 amide bonds. The van der Waals surface area contributed by atoms with Crippen molar-refractivity contribution in [2.24, 2.45) is 17.8 Å². The first-order valence-electron chi connectivity index (χ1n) is 12.5. The molecular formula is C26H42ClN3. The molecule has 5 atom stereocenters. The lowest BCUT2D eigenvalue weighted by Crippen LogP contribution is -2.46. The minimum absolute atomic E-state index is 0.346. The first-order valence-corrected chi connectivity index (χ1v) is 13.0. The lowest BCUT2D eigenvalue weighted by molar-refractivity contribution is 0.232. The SMILES string of the molecule is C[C@H]1NC=C([C@@H](C)NCC2CC(C3=CCC(Cl)CC3)=C[C@H](C3CCCCC3)C2)CN1. The number of halogens is 1. The van der Waals surface area contributed by atoms with Gasteiger partial charge in [0.15, 0.2) is 0 Å². The molecule has 0 aromatic heterocycles. The molecule has 0 bridgehead atoms. The van der Waals surface area contributed by atoms with E-state index in [4.69, 9.17) is 11.6 Å². The maximum atomic E-state index is 6.38. The molecule has 1 saturated carbocycles. The van der Waals surface area contributed by atoms with Crippen molar-refractivity contribution in [2.75, 3.05) is 13.1 Å². The Hall–Kier alpha value is -0.770. The smallest absolute Gasteiger partial charge is 0.0736 e. The molecule has 0 aromatic carbocycles. The number of nitrogens with one attached hydrogen (secondary N) is 3. The van der Waals surface area contributed by atoms with Gasteiger partial charge in [0.2, 0.25) is 0 Å². The van der Waals surface area contributed by atoms with Gasteiger partial charge in [-0.15, -0.1) is 11.6 Å². The fraction of sp³-hybridized carbons (Fsp3) is 0.769. The molecule has 4 rings (SSSR count). The van der Waals surface area contributed by atoms with Crippen molar-refractivity contribution in [3.63, 3.8) is 0 Å². The van der Waals surface area contributed by atoms with Gasteiger partial charge in [0, 0.05) is 18.0 Å². The summed E-state index contributed by atoms with van der Waals surface area (Å²) >= 11 is 6.38. The second-order valence-electron chi connectivity index (χ2n) is 10.3. The summed E-state index contributed by atoms with van der Waals surface area (Å²) in [4.78, 5) is 0. The fourth-order valence-electron chi connectivity index (χ4n) is 5.92. The van der Waals surface area contributed by atoms with Gasteiger partial charge in [0.05, 0.1) is 6.17 Å². The third-order valence-corrected chi connectivity index (χ3v) is 8.34. The van der Waals surface area contributed by atoms with Crippen LogP contribution in [0.2, 0.25) is 0 Å². The molecule has 1 fully saturated rings. The number of alkyl halides is 1. The van der Waals surface area contributed by atoms with Crippen LogP contribution < -0.4 is 16.0 Å². The molecular weight excluding hydrogens is 390 g/mol. The Morgan fingerprint density at radius 1 is 1.17 bits per heavy atom. The van der Waals surface area contributed by atoms with Gasteiger partial charge in [-0.25, -0.2) is 0 Å². The Bertz CT molecular complexity index is 661. The summed E-state index contributed by atoms with van der Waals surface area (Å²) in [5.74, 6) is 2.44. The van der Waals surface area contributed by atoms with Gasteiger partial charge >= 0.3 is 0 Å². The zero-order valence-electron chi connectivity index (χ0n) is 19.1.